The maximum absolute atomic E-state index is 6.01. The highest BCUT2D eigenvalue weighted by atomic mass is 35.5. The van der Waals surface area contributed by atoms with Gasteiger partial charge in [-0.2, -0.15) is 0 Å². The van der Waals surface area contributed by atoms with E-state index in [4.69, 9.17) is 16.3 Å². The largest absolute Gasteiger partial charge is 0.493 e. The molecule has 1 saturated heterocycles. The summed E-state index contributed by atoms with van der Waals surface area (Å²) >= 11 is 6.01. The second-order valence-corrected chi connectivity index (χ2v) is 5.65. The van der Waals surface area contributed by atoms with Crippen LogP contribution in [0.15, 0.2) is 12.1 Å². The van der Waals surface area contributed by atoms with E-state index in [1.165, 1.54) is 19.4 Å². The Morgan fingerprint density at radius 2 is 2.06 bits per heavy atom. The Kier molecular flexibility index (Phi) is 4.90. The van der Waals surface area contributed by atoms with Crippen molar-refractivity contribution >= 4 is 11.6 Å². The highest BCUT2D eigenvalue weighted by Gasteiger charge is 2.13. The molecule has 1 N–H and O–H groups in total. The van der Waals surface area contributed by atoms with Gasteiger partial charge in [0.2, 0.25) is 0 Å². The molecule has 1 aliphatic rings. The van der Waals surface area contributed by atoms with Crippen LogP contribution in [0, 0.1) is 19.8 Å². The molecule has 1 aromatic carbocycles. The predicted octanol–water partition coefficient (Wildman–Crippen LogP) is 3.73. The quantitative estimate of drug-likeness (QED) is 0.898. The number of benzene rings is 1. The first-order valence-electron chi connectivity index (χ1n) is 6.77. The molecule has 1 atom stereocenters. The zero-order chi connectivity index (χ0) is 13.0. The molecule has 1 heterocycles. The van der Waals surface area contributed by atoms with Crippen LogP contribution in [0.1, 0.15) is 30.4 Å². The van der Waals surface area contributed by atoms with Crippen LogP contribution >= 0.6 is 11.6 Å². The lowest BCUT2D eigenvalue weighted by Gasteiger charge is -2.23. The molecule has 2 rings (SSSR count). The van der Waals surface area contributed by atoms with E-state index in [1.54, 1.807) is 0 Å². The lowest BCUT2D eigenvalue weighted by Crippen LogP contribution is -2.30. The van der Waals surface area contributed by atoms with Crippen molar-refractivity contribution in [1.29, 1.82) is 0 Å². The van der Waals surface area contributed by atoms with Crippen molar-refractivity contribution in [2.24, 2.45) is 5.92 Å². The summed E-state index contributed by atoms with van der Waals surface area (Å²) in [7, 11) is 0. The first-order valence-corrected chi connectivity index (χ1v) is 7.15. The van der Waals surface area contributed by atoms with E-state index in [2.05, 4.69) is 19.2 Å². The number of halogens is 1. The van der Waals surface area contributed by atoms with Gasteiger partial charge in [0, 0.05) is 5.02 Å². The Morgan fingerprint density at radius 1 is 1.33 bits per heavy atom. The van der Waals surface area contributed by atoms with E-state index in [0.717, 1.165) is 47.4 Å². The highest BCUT2D eigenvalue weighted by molar-refractivity contribution is 6.30. The Labute approximate surface area is 115 Å². The van der Waals surface area contributed by atoms with Crippen LogP contribution in [0.25, 0.3) is 0 Å². The molecule has 1 fully saturated rings. The minimum absolute atomic E-state index is 0.770. The Morgan fingerprint density at radius 3 is 2.67 bits per heavy atom. The van der Waals surface area contributed by atoms with Crippen LogP contribution in [0.5, 0.6) is 5.75 Å². The molecule has 0 aromatic heterocycles. The van der Waals surface area contributed by atoms with Crippen LogP contribution in [-0.2, 0) is 0 Å². The molecule has 0 radical (unpaired) electrons. The summed E-state index contributed by atoms with van der Waals surface area (Å²) in [5.74, 6) is 1.77. The summed E-state index contributed by atoms with van der Waals surface area (Å²) in [4.78, 5) is 0. The number of rotatable bonds is 4. The van der Waals surface area contributed by atoms with E-state index in [9.17, 15) is 0 Å². The molecule has 1 aromatic rings. The molecule has 0 amide bonds. The molecule has 1 aliphatic heterocycles. The second kappa shape index (κ2) is 6.44. The second-order valence-electron chi connectivity index (χ2n) is 5.22. The number of ether oxygens (including phenoxy) is 1. The van der Waals surface area contributed by atoms with Crippen molar-refractivity contribution in [3.05, 3.63) is 28.3 Å². The van der Waals surface area contributed by atoms with Gasteiger partial charge in [-0.15, -0.1) is 0 Å². The van der Waals surface area contributed by atoms with Gasteiger partial charge < -0.3 is 10.1 Å². The summed E-state index contributed by atoms with van der Waals surface area (Å²) in [5.41, 5.74) is 2.25. The SMILES string of the molecule is Cc1cc(Cl)cc(C)c1OCCC1CCCNC1. The van der Waals surface area contributed by atoms with Gasteiger partial charge in [-0.1, -0.05) is 11.6 Å². The van der Waals surface area contributed by atoms with Gasteiger partial charge in [-0.3, -0.25) is 0 Å². The molecular weight excluding hydrogens is 246 g/mol. The predicted molar refractivity (Wildman–Crippen MR) is 76.6 cm³/mol. The van der Waals surface area contributed by atoms with Crippen molar-refractivity contribution in [3.63, 3.8) is 0 Å². The monoisotopic (exact) mass is 267 g/mol. The number of hydrogen-bond donors (Lipinski definition) is 1. The zero-order valence-electron chi connectivity index (χ0n) is 11.3. The lowest BCUT2D eigenvalue weighted by atomic mass is 9.97. The van der Waals surface area contributed by atoms with Crippen molar-refractivity contribution in [1.82, 2.24) is 5.32 Å². The summed E-state index contributed by atoms with van der Waals surface area (Å²) in [6.07, 6.45) is 3.76. The average molecular weight is 268 g/mol. The first kappa shape index (κ1) is 13.7. The fourth-order valence-corrected chi connectivity index (χ4v) is 2.95. The summed E-state index contributed by atoms with van der Waals surface area (Å²) in [5, 5.41) is 4.23. The molecule has 2 nitrogen and oxygen atoms in total. The first-order chi connectivity index (χ1) is 8.66. The number of nitrogens with one attached hydrogen (secondary N) is 1. The van der Waals surface area contributed by atoms with Crippen LogP contribution in [0.4, 0.5) is 0 Å². The maximum Gasteiger partial charge on any atom is 0.125 e. The van der Waals surface area contributed by atoms with Gasteiger partial charge in [0.25, 0.3) is 0 Å². The molecule has 1 unspecified atom stereocenters. The van der Waals surface area contributed by atoms with Gasteiger partial charge in [-0.25, -0.2) is 0 Å². The molecule has 0 bridgehead atoms. The van der Waals surface area contributed by atoms with E-state index in [-0.39, 0.29) is 0 Å². The van der Waals surface area contributed by atoms with Gasteiger partial charge in [0.15, 0.2) is 0 Å². The molecular formula is C15H22ClNO. The van der Waals surface area contributed by atoms with Crippen LogP contribution in [-0.4, -0.2) is 19.7 Å². The molecule has 0 saturated carbocycles. The third-order valence-electron chi connectivity index (χ3n) is 3.60. The Balaban J connectivity index is 1.86. The minimum Gasteiger partial charge on any atom is -0.493 e. The summed E-state index contributed by atoms with van der Waals surface area (Å²) in [6.45, 7) is 7.22. The van der Waals surface area contributed by atoms with Crippen molar-refractivity contribution in [2.75, 3.05) is 19.7 Å². The lowest BCUT2D eigenvalue weighted by molar-refractivity contribution is 0.252. The van der Waals surface area contributed by atoms with E-state index in [1.807, 2.05) is 12.1 Å². The molecule has 100 valence electrons. The normalized spacial score (nSPS) is 19.8. The van der Waals surface area contributed by atoms with Gasteiger partial charge in [0.05, 0.1) is 6.61 Å². The number of aryl methyl sites for hydroxylation is 2. The van der Waals surface area contributed by atoms with E-state index < -0.39 is 0 Å². The Hall–Kier alpha value is -0.730. The van der Waals surface area contributed by atoms with Gasteiger partial charge in [-0.05, 0) is 75.4 Å². The zero-order valence-corrected chi connectivity index (χ0v) is 12.0. The number of hydrogen-bond acceptors (Lipinski definition) is 2. The van der Waals surface area contributed by atoms with Crippen molar-refractivity contribution in [3.8, 4) is 5.75 Å². The molecule has 3 heteroatoms. The summed E-state index contributed by atoms with van der Waals surface area (Å²) < 4.78 is 5.94. The van der Waals surface area contributed by atoms with Gasteiger partial charge >= 0.3 is 0 Å². The van der Waals surface area contributed by atoms with E-state index >= 15 is 0 Å². The van der Waals surface area contributed by atoms with Crippen LogP contribution < -0.4 is 10.1 Å². The fourth-order valence-electron chi connectivity index (χ4n) is 2.62. The molecule has 18 heavy (non-hydrogen) atoms. The topological polar surface area (TPSA) is 21.3 Å². The average Bonchev–Trinajstić information content (AvgIpc) is 2.34. The highest BCUT2D eigenvalue weighted by Crippen LogP contribution is 2.27. The van der Waals surface area contributed by atoms with Crippen molar-refractivity contribution in [2.45, 2.75) is 33.1 Å². The minimum atomic E-state index is 0.770. The standard InChI is InChI=1S/C15H22ClNO/c1-11-8-14(16)9-12(2)15(11)18-7-5-13-4-3-6-17-10-13/h8-9,13,17H,3-7,10H2,1-2H3. The third-order valence-corrected chi connectivity index (χ3v) is 3.81. The fraction of sp³-hybridized carbons (Fsp3) is 0.600. The van der Waals surface area contributed by atoms with Crippen LogP contribution in [0.2, 0.25) is 5.02 Å². The third kappa shape index (κ3) is 3.63. The molecule has 0 aliphatic carbocycles. The Bertz CT molecular complexity index is 376. The molecule has 0 spiro atoms. The van der Waals surface area contributed by atoms with Gasteiger partial charge in [0.1, 0.15) is 5.75 Å². The maximum atomic E-state index is 6.01. The summed E-state index contributed by atoms with van der Waals surface area (Å²) in [6, 6.07) is 3.93. The van der Waals surface area contributed by atoms with Crippen molar-refractivity contribution < 1.29 is 4.74 Å². The smallest absolute Gasteiger partial charge is 0.125 e. The van der Waals surface area contributed by atoms with E-state index in [0.29, 0.717) is 0 Å². The van der Waals surface area contributed by atoms with Crippen LogP contribution in [0.3, 0.4) is 0 Å². The number of piperidine rings is 1.